The third-order valence-corrected chi connectivity index (χ3v) is 10.3. The van der Waals surface area contributed by atoms with Gasteiger partial charge >= 0.3 is 11.9 Å². The molecule has 5 nitrogen and oxygen atoms in total. The van der Waals surface area contributed by atoms with Gasteiger partial charge in [0.15, 0.2) is 6.10 Å². The molecule has 0 aromatic heterocycles. The minimum Gasteiger partial charge on any atom is -0.462 e. The lowest BCUT2D eigenvalue weighted by Gasteiger charge is -2.18. The second-order valence-electron chi connectivity index (χ2n) is 16.0. The van der Waals surface area contributed by atoms with E-state index >= 15 is 0 Å². The van der Waals surface area contributed by atoms with Gasteiger partial charge in [0, 0.05) is 19.4 Å². The van der Waals surface area contributed by atoms with E-state index in [4.69, 9.17) is 14.2 Å². The van der Waals surface area contributed by atoms with Crippen LogP contribution in [0.1, 0.15) is 239 Å². The lowest BCUT2D eigenvalue weighted by Crippen LogP contribution is -2.30. The van der Waals surface area contributed by atoms with Gasteiger partial charge < -0.3 is 14.2 Å². The molecule has 5 heteroatoms. The van der Waals surface area contributed by atoms with Crippen molar-refractivity contribution in [1.29, 1.82) is 0 Å². The summed E-state index contributed by atoms with van der Waals surface area (Å²) in [6, 6.07) is 0. The number of esters is 2. The second kappa shape index (κ2) is 47.2. The number of carbonyl (C=O) groups excluding carboxylic acids is 2. The molecule has 0 aliphatic rings. The van der Waals surface area contributed by atoms with Crippen LogP contribution in [0.2, 0.25) is 0 Å². The van der Waals surface area contributed by atoms with Crippen molar-refractivity contribution in [3.63, 3.8) is 0 Å². The van der Waals surface area contributed by atoms with Crippen molar-refractivity contribution in [1.82, 2.24) is 0 Å². The number of hydrogen-bond donors (Lipinski definition) is 0. The Morgan fingerprint density at radius 2 is 0.804 bits per heavy atom. The fraction of sp³-hybridized carbons (Fsp3) is 0.804. The Labute approximate surface area is 348 Å². The Bertz CT molecular complexity index is 935. The predicted octanol–water partition coefficient (Wildman–Crippen LogP) is 16.0. The van der Waals surface area contributed by atoms with Crippen LogP contribution in [0.5, 0.6) is 0 Å². The van der Waals surface area contributed by atoms with Crippen LogP contribution in [0, 0.1) is 0 Å². The van der Waals surface area contributed by atoms with Gasteiger partial charge in [0.2, 0.25) is 0 Å². The Balaban J connectivity index is 4.30. The molecule has 0 radical (unpaired) electrons. The van der Waals surface area contributed by atoms with E-state index in [1.54, 1.807) is 0 Å². The number of allylic oxidation sites excluding steroid dienone is 8. The zero-order valence-corrected chi connectivity index (χ0v) is 37.4. The first-order chi connectivity index (χ1) is 27.6. The number of hydrogen-bond acceptors (Lipinski definition) is 5. The van der Waals surface area contributed by atoms with Gasteiger partial charge in [-0.1, -0.05) is 198 Å². The van der Waals surface area contributed by atoms with Crippen LogP contribution in [0.25, 0.3) is 0 Å². The molecular weight excluding hydrogens is 693 g/mol. The molecule has 0 bridgehead atoms. The smallest absolute Gasteiger partial charge is 0.306 e. The van der Waals surface area contributed by atoms with Gasteiger partial charge in [0.05, 0.1) is 6.61 Å². The lowest BCUT2D eigenvalue weighted by molar-refractivity contribution is -0.163. The van der Waals surface area contributed by atoms with Gasteiger partial charge in [-0.25, -0.2) is 0 Å². The summed E-state index contributed by atoms with van der Waals surface area (Å²) < 4.78 is 17.3. The molecule has 0 aromatic carbocycles. The molecule has 0 aliphatic heterocycles. The molecule has 0 rings (SSSR count). The largest absolute Gasteiger partial charge is 0.462 e. The SMILES string of the molecule is CC/C=C\C/C=C\C/C=C\CCCCCC(=O)OCC(COCCCCCCCCCCCCCCCC)OC(=O)CCCCCCC/C=C\CCCCCC. The van der Waals surface area contributed by atoms with Crippen LogP contribution in [0.4, 0.5) is 0 Å². The summed E-state index contributed by atoms with van der Waals surface area (Å²) in [4.78, 5) is 25.3. The molecule has 0 heterocycles. The minimum atomic E-state index is -0.547. The number of carbonyl (C=O) groups is 2. The van der Waals surface area contributed by atoms with Crippen molar-refractivity contribution < 1.29 is 23.8 Å². The summed E-state index contributed by atoms with van der Waals surface area (Å²) in [5.74, 6) is -0.434. The zero-order chi connectivity index (χ0) is 40.7. The first-order valence-corrected chi connectivity index (χ1v) is 24.2. The fourth-order valence-electron chi connectivity index (χ4n) is 6.75. The van der Waals surface area contributed by atoms with E-state index in [0.717, 1.165) is 83.5 Å². The quantitative estimate of drug-likeness (QED) is 0.0350. The van der Waals surface area contributed by atoms with E-state index in [1.807, 2.05) is 0 Å². The molecule has 0 saturated carbocycles. The van der Waals surface area contributed by atoms with Gasteiger partial charge in [-0.05, 0) is 77.0 Å². The van der Waals surface area contributed by atoms with Gasteiger partial charge in [-0.2, -0.15) is 0 Å². The third kappa shape index (κ3) is 44.6. The summed E-state index contributed by atoms with van der Waals surface area (Å²) in [6.45, 7) is 7.68. The first-order valence-electron chi connectivity index (χ1n) is 24.2. The highest BCUT2D eigenvalue weighted by Gasteiger charge is 2.17. The van der Waals surface area contributed by atoms with E-state index < -0.39 is 6.10 Å². The third-order valence-electron chi connectivity index (χ3n) is 10.3. The standard InChI is InChI=1S/C51H92O5/c1-4-7-10-13-16-19-22-25-28-31-34-37-40-43-46-54-47-49(56-51(53)45-42-39-36-33-30-27-24-21-18-15-12-9-6-3)48-55-50(52)44-41-38-35-32-29-26-23-20-17-14-11-8-5-2/h8,11,17,20-21,24,26,29,49H,4-7,9-10,12-16,18-19,22-23,25,27-28,30-48H2,1-3H3/b11-8-,20-17-,24-21-,29-26-. The monoisotopic (exact) mass is 785 g/mol. The van der Waals surface area contributed by atoms with Crippen LogP contribution >= 0.6 is 0 Å². The molecule has 1 unspecified atom stereocenters. The maximum Gasteiger partial charge on any atom is 0.306 e. The predicted molar refractivity (Wildman–Crippen MR) is 242 cm³/mol. The summed E-state index contributed by atoms with van der Waals surface area (Å²) >= 11 is 0. The van der Waals surface area contributed by atoms with E-state index in [2.05, 4.69) is 69.4 Å². The minimum absolute atomic E-state index is 0.0694. The van der Waals surface area contributed by atoms with Crippen molar-refractivity contribution in [3.8, 4) is 0 Å². The van der Waals surface area contributed by atoms with Crippen LogP contribution in [-0.2, 0) is 23.8 Å². The summed E-state index contributed by atoms with van der Waals surface area (Å²) in [5, 5.41) is 0. The van der Waals surface area contributed by atoms with Crippen LogP contribution in [0.15, 0.2) is 48.6 Å². The molecule has 0 saturated heterocycles. The topological polar surface area (TPSA) is 61.8 Å². The van der Waals surface area contributed by atoms with E-state index in [-0.39, 0.29) is 25.2 Å². The van der Waals surface area contributed by atoms with E-state index in [9.17, 15) is 9.59 Å². The summed E-state index contributed by atoms with van der Waals surface area (Å²) in [5.41, 5.74) is 0. The Morgan fingerprint density at radius 1 is 0.411 bits per heavy atom. The normalized spacial score (nSPS) is 12.6. The molecule has 0 N–H and O–H groups in total. The summed E-state index contributed by atoms with van der Waals surface area (Å²) in [6.07, 6.45) is 56.8. The highest BCUT2D eigenvalue weighted by molar-refractivity contribution is 5.70. The lowest BCUT2D eigenvalue weighted by atomic mass is 10.0. The molecule has 0 amide bonds. The molecule has 326 valence electrons. The number of rotatable bonds is 44. The van der Waals surface area contributed by atoms with Gasteiger partial charge in [0.1, 0.15) is 6.61 Å². The van der Waals surface area contributed by atoms with Crippen molar-refractivity contribution in [2.24, 2.45) is 0 Å². The van der Waals surface area contributed by atoms with E-state index in [1.165, 1.54) is 122 Å². The maximum atomic E-state index is 12.7. The van der Waals surface area contributed by atoms with Crippen LogP contribution in [-0.4, -0.2) is 37.9 Å². The molecule has 0 aromatic rings. The average Bonchev–Trinajstić information content (AvgIpc) is 3.20. The Morgan fingerprint density at radius 3 is 1.34 bits per heavy atom. The first kappa shape index (κ1) is 53.9. The van der Waals surface area contributed by atoms with Crippen LogP contribution < -0.4 is 0 Å². The Kier molecular flexibility index (Phi) is 45.4. The van der Waals surface area contributed by atoms with Crippen molar-refractivity contribution in [2.45, 2.75) is 245 Å². The Hall–Kier alpha value is -2.14. The van der Waals surface area contributed by atoms with Gasteiger partial charge in [-0.15, -0.1) is 0 Å². The molecular formula is C51H92O5. The van der Waals surface area contributed by atoms with Crippen molar-refractivity contribution in [2.75, 3.05) is 19.8 Å². The fourth-order valence-corrected chi connectivity index (χ4v) is 6.75. The molecule has 0 spiro atoms. The maximum absolute atomic E-state index is 12.7. The molecule has 0 aliphatic carbocycles. The van der Waals surface area contributed by atoms with E-state index in [0.29, 0.717) is 19.4 Å². The zero-order valence-electron chi connectivity index (χ0n) is 37.4. The molecule has 1 atom stereocenters. The number of unbranched alkanes of at least 4 members (excludes halogenated alkanes) is 25. The second-order valence-corrected chi connectivity index (χ2v) is 16.0. The van der Waals surface area contributed by atoms with Gasteiger partial charge in [-0.3, -0.25) is 9.59 Å². The van der Waals surface area contributed by atoms with Crippen molar-refractivity contribution in [3.05, 3.63) is 48.6 Å². The van der Waals surface area contributed by atoms with Crippen molar-refractivity contribution >= 4 is 11.9 Å². The number of ether oxygens (including phenoxy) is 3. The van der Waals surface area contributed by atoms with Crippen LogP contribution in [0.3, 0.4) is 0 Å². The highest BCUT2D eigenvalue weighted by Crippen LogP contribution is 2.14. The highest BCUT2D eigenvalue weighted by atomic mass is 16.6. The van der Waals surface area contributed by atoms with Gasteiger partial charge in [0.25, 0.3) is 0 Å². The molecule has 0 fully saturated rings. The summed E-state index contributed by atoms with van der Waals surface area (Å²) in [7, 11) is 0. The molecule has 56 heavy (non-hydrogen) atoms. The average molecular weight is 785 g/mol.